The van der Waals surface area contributed by atoms with E-state index in [1.54, 1.807) is 0 Å². The van der Waals surface area contributed by atoms with Gasteiger partial charge in [-0.1, -0.05) is 62.7 Å². The van der Waals surface area contributed by atoms with E-state index in [2.05, 4.69) is 80.0 Å². The molecule has 0 spiro atoms. The van der Waals surface area contributed by atoms with Crippen molar-refractivity contribution in [3.63, 3.8) is 0 Å². The Morgan fingerprint density at radius 3 is 2.86 bits per heavy atom. The number of halogens is 1. The van der Waals surface area contributed by atoms with E-state index in [9.17, 15) is 4.79 Å². The first-order chi connectivity index (χ1) is 18.0. The van der Waals surface area contributed by atoms with Crippen LogP contribution in [0.1, 0.15) is 29.2 Å². The molecular weight excluding hydrogens is 546 g/mol. The highest BCUT2D eigenvalue weighted by Gasteiger charge is 2.46. The van der Waals surface area contributed by atoms with Gasteiger partial charge >= 0.3 is 0 Å². The summed E-state index contributed by atoms with van der Waals surface area (Å²) in [6, 6.07) is 16.7. The molecule has 4 atom stereocenters. The first-order valence-electron chi connectivity index (χ1n) is 12.6. The number of piperidine rings is 1. The molecule has 0 radical (unpaired) electrons. The molecule has 0 aliphatic carbocycles. The van der Waals surface area contributed by atoms with Gasteiger partial charge in [-0.25, -0.2) is 0 Å². The lowest BCUT2D eigenvalue weighted by Crippen LogP contribution is -2.43. The molecule has 2 aliphatic rings. The number of amides is 1. The van der Waals surface area contributed by atoms with Gasteiger partial charge in [-0.15, -0.1) is 11.7 Å². The number of nitrogens with zero attached hydrogens (tertiary/aromatic N) is 5. The highest BCUT2D eigenvalue weighted by Crippen LogP contribution is 2.50. The summed E-state index contributed by atoms with van der Waals surface area (Å²) in [4.78, 5) is 19.7. The summed E-state index contributed by atoms with van der Waals surface area (Å²) in [5.41, 5.74) is 5.31. The molecule has 2 aliphatic heterocycles. The third-order valence-electron chi connectivity index (χ3n) is 7.72. The third kappa shape index (κ3) is 4.73. The summed E-state index contributed by atoms with van der Waals surface area (Å²) < 4.78 is 2.97. The SMILES string of the molecule is C=C[C@@H](Cn1cc(-c2ccc(Br)cc2)nn1)[C@H]1CCN2C(=O)S[C@@H](c3ccnc4ccc(C)cc34)[C@@H]2C1. The van der Waals surface area contributed by atoms with E-state index in [4.69, 9.17) is 0 Å². The average Bonchev–Trinajstić information content (AvgIpc) is 3.51. The van der Waals surface area contributed by atoms with Crippen LogP contribution in [0.2, 0.25) is 0 Å². The smallest absolute Gasteiger partial charge is 0.282 e. The van der Waals surface area contributed by atoms with Gasteiger partial charge in [-0.05, 0) is 67.5 Å². The van der Waals surface area contributed by atoms with E-state index in [0.29, 0.717) is 5.92 Å². The third-order valence-corrected chi connectivity index (χ3v) is 9.51. The van der Waals surface area contributed by atoms with E-state index in [1.165, 1.54) is 22.9 Å². The molecule has 4 heterocycles. The van der Waals surface area contributed by atoms with Crippen molar-refractivity contribution in [3.05, 3.63) is 89.2 Å². The average molecular weight is 575 g/mol. The van der Waals surface area contributed by atoms with Gasteiger partial charge in [0.25, 0.3) is 5.24 Å². The Hall–Kier alpha value is -2.97. The van der Waals surface area contributed by atoms with Crippen molar-refractivity contribution in [1.82, 2.24) is 24.9 Å². The van der Waals surface area contributed by atoms with Gasteiger partial charge in [0.15, 0.2) is 0 Å². The molecule has 8 heteroatoms. The molecular formula is C29H28BrN5OS. The predicted molar refractivity (Wildman–Crippen MR) is 152 cm³/mol. The highest BCUT2D eigenvalue weighted by molar-refractivity contribution is 9.10. The number of benzene rings is 2. The monoisotopic (exact) mass is 573 g/mol. The molecule has 0 unspecified atom stereocenters. The van der Waals surface area contributed by atoms with Gasteiger partial charge in [0.1, 0.15) is 5.69 Å². The molecule has 188 valence electrons. The van der Waals surface area contributed by atoms with Crippen LogP contribution in [0.15, 0.2) is 78.1 Å². The number of hydrogen-bond donors (Lipinski definition) is 0. The zero-order valence-corrected chi connectivity index (χ0v) is 23.0. The van der Waals surface area contributed by atoms with Crippen molar-refractivity contribution >= 4 is 43.8 Å². The lowest BCUT2D eigenvalue weighted by atomic mass is 9.79. The van der Waals surface area contributed by atoms with Gasteiger partial charge in [0, 0.05) is 40.8 Å². The van der Waals surface area contributed by atoms with Crippen LogP contribution in [-0.2, 0) is 6.54 Å². The topological polar surface area (TPSA) is 63.9 Å². The minimum absolute atomic E-state index is 0.100. The van der Waals surface area contributed by atoms with Crippen molar-refractivity contribution < 1.29 is 4.79 Å². The molecule has 2 fully saturated rings. The quantitative estimate of drug-likeness (QED) is 0.231. The minimum Gasteiger partial charge on any atom is -0.329 e. The lowest BCUT2D eigenvalue weighted by Gasteiger charge is -2.39. The van der Waals surface area contributed by atoms with E-state index < -0.39 is 0 Å². The van der Waals surface area contributed by atoms with Gasteiger partial charge in [0.05, 0.1) is 17.0 Å². The first-order valence-corrected chi connectivity index (χ1v) is 14.3. The molecule has 2 saturated heterocycles. The second kappa shape index (κ2) is 10.1. The van der Waals surface area contributed by atoms with E-state index >= 15 is 0 Å². The summed E-state index contributed by atoms with van der Waals surface area (Å²) in [6.07, 6.45) is 7.87. The molecule has 0 saturated carbocycles. The molecule has 37 heavy (non-hydrogen) atoms. The molecule has 6 rings (SSSR count). The minimum atomic E-state index is 0.100. The number of hydrogen-bond acceptors (Lipinski definition) is 5. The summed E-state index contributed by atoms with van der Waals surface area (Å²) in [5.74, 6) is 0.669. The maximum Gasteiger partial charge on any atom is 0.282 e. The number of thioether (sulfide) groups is 1. The standard InChI is InChI=1S/C29H28BrN5OS/c1-3-19(16-34-17-26(32-33-34)20-5-7-22(30)8-6-20)21-11-13-35-27(15-21)28(37-29(35)36)23-10-12-31-25-9-4-18(2)14-24(23)25/h3-10,12,14,17,19,21,27-28H,1,11,13,15-16H2,2H3/t19-,21-,27-,28-/m0/s1. The van der Waals surface area contributed by atoms with Gasteiger partial charge in [-0.2, -0.15) is 0 Å². The Bertz CT molecular complexity index is 1470. The summed E-state index contributed by atoms with van der Waals surface area (Å²) in [6.45, 7) is 7.79. The van der Waals surface area contributed by atoms with Gasteiger partial charge in [0.2, 0.25) is 0 Å². The Balaban J connectivity index is 1.23. The predicted octanol–water partition coefficient (Wildman–Crippen LogP) is 7.06. The number of carbonyl (C=O) groups is 1. The van der Waals surface area contributed by atoms with Crippen molar-refractivity contribution in [1.29, 1.82) is 0 Å². The molecule has 2 aromatic heterocycles. The van der Waals surface area contributed by atoms with Crippen LogP contribution < -0.4 is 0 Å². The van der Waals surface area contributed by atoms with Crippen LogP contribution in [0.4, 0.5) is 4.79 Å². The number of allylic oxidation sites excluding steroid dienone is 1. The van der Waals surface area contributed by atoms with Crippen LogP contribution in [-0.4, -0.2) is 42.7 Å². The van der Waals surface area contributed by atoms with Gasteiger partial charge in [-0.3, -0.25) is 14.5 Å². The van der Waals surface area contributed by atoms with E-state index in [0.717, 1.165) is 52.6 Å². The fourth-order valence-electron chi connectivity index (χ4n) is 5.76. The van der Waals surface area contributed by atoms with Crippen LogP contribution in [0.3, 0.4) is 0 Å². The molecule has 2 aromatic carbocycles. The number of aryl methyl sites for hydroxylation is 1. The maximum atomic E-state index is 13.0. The summed E-state index contributed by atoms with van der Waals surface area (Å²) in [5, 5.41) is 10.3. The Kier molecular flexibility index (Phi) is 6.63. The molecule has 1 amide bonds. The van der Waals surface area contributed by atoms with Crippen molar-refractivity contribution in [2.24, 2.45) is 11.8 Å². The maximum absolute atomic E-state index is 13.0. The van der Waals surface area contributed by atoms with Gasteiger partial charge < -0.3 is 4.90 Å². The number of carbonyl (C=O) groups excluding carboxylic acids is 1. The van der Waals surface area contributed by atoms with Crippen LogP contribution in [0, 0.1) is 18.8 Å². The Morgan fingerprint density at radius 1 is 1.22 bits per heavy atom. The summed E-state index contributed by atoms with van der Waals surface area (Å²) in [7, 11) is 0. The molecule has 6 nitrogen and oxygen atoms in total. The van der Waals surface area contributed by atoms with Crippen LogP contribution >= 0.6 is 27.7 Å². The van der Waals surface area contributed by atoms with E-state index in [-0.39, 0.29) is 22.4 Å². The Labute approximate surface area is 229 Å². The Morgan fingerprint density at radius 2 is 2.05 bits per heavy atom. The normalized spacial score (nSPS) is 22.3. The summed E-state index contributed by atoms with van der Waals surface area (Å²) >= 11 is 4.96. The van der Waals surface area contributed by atoms with Crippen molar-refractivity contribution in [2.45, 2.75) is 37.6 Å². The zero-order chi connectivity index (χ0) is 25.5. The second-order valence-corrected chi connectivity index (χ2v) is 12.0. The zero-order valence-electron chi connectivity index (χ0n) is 20.6. The highest BCUT2D eigenvalue weighted by atomic mass is 79.9. The first kappa shape index (κ1) is 24.4. The molecule has 0 N–H and O–H groups in total. The van der Waals surface area contributed by atoms with Crippen LogP contribution in [0.25, 0.3) is 22.2 Å². The second-order valence-electron chi connectivity index (χ2n) is 10.0. The number of aromatic nitrogens is 4. The number of fused-ring (bicyclic) bond motifs is 2. The number of pyridine rings is 1. The lowest BCUT2D eigenvalue weighted by molar-refractivity contribution is 0.129. The van der Waals surface area contributed by atoms with Crippen molar-refractivity contribution in [3.8, 4) is 11.3 Å². The fraction of sp³-hybridized carbons (Fsp3) is 0.310. The van der Waals surface area contributed by atoms with Crippen molar-refractivity contribution in [2.75, 3.05) is 6.54 Å². The molecule has 4 aromatic rings. The fourth-order valence-corrected chi connectivity index (χ4v) is 7.35. The largest absolute Gasteiger partial charge is 0.329 e. The van der Waals surface area contributed by atoms with E-state index in [1.807, 2.05) is 41.3 Å². The van der Waals surface area contributed by atoms with Crippen LogP contribution in [0.5, 0.6) is 0 Å². The number of rotatable bonds is 6. The molecule has 0 bridgehead atoms.